The third-order valence-corrected chi connectivity index (χ3v) is 3.40. The van der Waals surface area contributed by atoms with E-state index < -0.39 is 0 Å². The molecule has 1 aliphatic heterocycles. The Hall–Kier alpha value is -1.38. The molecule has 23 heavy (non-hydrogen) atoms. The lowest BCUT2D eigenvalue weighted by molar-refractivity contribution is -0.144. The topological polar surface area (TPSA) is 55.8 Å². The number of carbonyl (C=O) groups is 2. The van der Waals surface area contributed by atoms with E-state index in [4.69, 9.17) is 14.3 Å². The molecule has 2 atom stereocenters. The maximum atomic E-state index is 10.9. The van der Waals surface area contributed by atoms with Gasteiger partial charge in [0.1, 0.15) is 12.9 Å². The summed E-state index contributed by atoms with van der Waals surface area (Å²) < 4.78 is 10.6. The highest BCUT2D eigenvalue weighted by molar-refractivity contribution is 5.65. The number of aldehydes is 1. The predicted molar refractivity (Wildman–Crippen MR) is 95.3 cm³/mol. The zero-order chi connectivity index (χ0) is 17.4. The summed E-state index contributed by atoms with van der Waals surface area (Å²) >= 11 is 0. The van der Waals surface area contributed by atoms with Gasteiger partial charge in [0.25, 0.3) is 0 Å². The molecule has 1 rings (SSSR count). The highest BCUT2D eigenvalue weighted by Crippen LogP contribution is 2.20. The zero-order valence-electron chi connectivity index (χ0n) is 14.4. The van der Waals surface area contributed by atoms with Crippen LogP contribution in [0.25, 0.3) is 0 Å². The molecule has 0 radical (unpaired) electrons. The third kappa shape index (κ3) is 14.0. The highest BCUT2D eigenvalue weighted by Gasteiger charge is 2.28. The van der Waals surface area contributed by atoms with E-state index in [0.717, 1.165) is 32.2 Å². The number of carbonyl (C=O) groups excluding carboxylic acids is 2. The van der Waals surface area contributed by atoms with E-state index in [1.165, 1.54) is 26.7 Å². The Bertz CT molecular complexity index is 305. The molecule has 0 N–H and O–H groups in total. The standard InChI is InChI=1S/C13H25NO3.C2H4O.C2H2.CH4/c1-4-5-7-14-8-6-13(16-3)9-12(14)10-17-11(2)15;1-2-3;1-2;/h12-13H,4-10H2,1-3H3;2H,1H3;1-2H;1H4. The minimum absolute atomic E-state index is 0. The molecular weight excluding hydrogens is 294 g/mol. The van der Waals surface area contributed by atoms with Crippen molar-refractivity contribution in [2.75, 3.05) is 26.8 Å². The van der Waals surface area contributed by atoms with E-state index in [9.17, 15) is 4.79 Å². The van der Waals surface area contributed by atoms with E-state index in [1.807, 2.05) is 0 Å². The van der Waals surface area contributed by atoms with Gasteiger partial charge in [-0.15, -0.1) is 12.8 Å². The number of esters is 1. The largest absolute Gasteiger partial charge is 0.464 e. The molecule has 0 aliphatic carbocycles. The Balaban J connectivity index is -0.000000596. The van der Waals surface area contributed by atoms with Gasteiger partial charge in [-0.25, -0.2) is 0 Å². The molecule has 0 spiro atoms. The van der Waals surface area contributed by atoms with Crippen LogP contribution in [0.3, 0.4) is 0 Å². The van der Waals surface area contributed by atoms with Crippen molar-refractivity contribution in [1.29, 1.82) is 0 Å². The fraction of sp³-hybridized carbons (Fsp3) is 0.778. The average molecular weight is 329 g/mol. The summed E-state index contributed by atoms with van der Waals surface area (Å²) in [6, 6.07) is 0.323. The molecule has 5 heteroatoms. The highest BCUT2D eigenvalue weighted by atomic mass is 16.5. The van der Waals surface area contributed by atoms with Gasteiger partial charge in [0, 0.05) is 26.6 Å². The zero-order valence-corrected chi connectivity index (χ0v) is 14.4. The van der Waals surface area contributed by atoms with Gasteiger partial charge in [0.15, 0.2) is 0 Å². The Morgan fingerprint density at radius 2 is 1.96 bits per heavy atom. The molecule has 0 amide bonds. The van der Waals surface area contributed by atoms with Crippen LogP contribution in [0.2, 0.25) is 0 Å². The number of hydrogen-bond acceptors (Lipinski definition) is 5. The van der Waals surface area contributed by atoms with Crippen molar-refractivity contribution in [2.45, 2.75) is 66.0 Å². The SMILES string of the molecule is C.C#C.CC=O.CCCCN1CCC(OC)CC1COC(C)=O. The maximum Gasteiger partial charge on any atom is 0.302 e. The fourth-order valence-electron chi connectivity index (χ4n) is 2.32. The van der Waals surface area contributed by atoms with Gasteiger partial charge >= 0.3 is 5.97 Å². The first-order chi connectivity index (χ1) is 10.6. The fourth-order valence-corrected chi connectivity index (χ4v) is 2.32. The summed E-state index contributed by atoms with van der Waals surface area (Å²) in [5.74, 6) is -0.194. The number of nitrogens with zero attached hydrogens (tertiary/aromatic N) is 1. The lowest BCUT2D eigenvalue weighted by Gasteiger charge is -2.38. The summed E-state index contributed by atoms with van der Waals surface area (Å²) in [5.41, 5.74) is 0. The summed E-state index contributed by atoms with van der Waals surface area (Å²) in [6.45, 7) is 7.75. The molecule has 0 aromatic heterocycles. The molecule has 0 bridgehead atoms. The van der Waals surface area contributed by atoms with Gasteiger partial charge in [0.05, 0.1) is 6.10 Å². The Morgan fingerprint density at radius 3 is 2.39 bits per heavy atom. The normalized spacial score (nSPS) is 19.7. The van der Waals surface area contributed by atoms with Crippen molar-refractivity contribution in [3.05, 3.63) is 0 Å². The quantitative estimate of drug-likeness (QED) is 0.426. The van der Waals surface area contributed by atoms with Crippen LogP contribution in [0.15, 0.2) is 0 Å². The van der Waals surface area contributed by atoms with Crippen LogP contribution < -0.4 is 0 Å². The first kappa shape index (κ1) is 26.5. The van der Waals surface area contributed by atoms with Crippen LogP contribution >= 0.6 is 0 Å². The van der Waals surface area contributed by atoms with Crippen molar-refractivity contribution in [2.24, 2.45) is 0 Å². The smallest absolute Gasteiger partial charge is 0.302 e. The number of likely N-dealkylation sites (tertiary alicyclic amines) is 1. The van der Waals surface area contributed by atoms with E-state index in [0.29, 0.717) is 18.8 Å². The van der Waals surface area contributed by atoms with Crippen LogP contribution in [-0.2, 0) is 19.1 Å². The molecular formula is C18H35NO4. The van der Waals surface area contributed by atoms with Gasteiger partial charge in [-0.2, -0.15) is 0 Å². The first-order valence-electron chi connectivity index (χ1n) is 7.72. The van der Waals surface area contributed by atoms with Crippen molar-refractivity contribution in [1.82, 2.24) is 4.90 Å². The first-order valence-corrected chi connectivity index (χ1v) is 7.72. The van der Waals surface area contributed by atoms with Crippen LogP contribution in [0.5, 0.6) is 0 Å². The predicted octanol–water partition coefficient (Wildman–Crippen LogP) is 2.92. The monoisotopic (exact) mass is 329 g/mol. The Kier molecular flexibility index (Phi) is 21.5. The molecule has 136 valence electrons. The van der Waals surface area contributed by atoms with Crippen LogP contribution in [0, 0.1) is 12.8 Å². The second kappa shape index (κ2) is 18.7. The molecule has 0 saturated carbocycles. The molecule has 5 nitrogen and oxygen atoms in total. The van der Waals surface area contributed by atoms with E-state index in [-0.39, 0.29) is 13.4 Å². The van der Waals surface area contributed by atoms with Crippen molar-refractivity contribution in [3.63, 3.8) is 0 Å². The molecule has 1 saturated heterocycles. The van der Waals surface area contributed by atoms with E-state index in [1.54, 1.807) is 7.11 Å². The number of methoxy groups -OCH3 is 1. The maximum absolute atomic E-state index is 10.9. The van der Waals surface area contributed by atoms with Crippen molar-refractivity contribution < 1.29 is 19.1 Å². The molecule has 1 fully saturated rings. The molecule has 2 unspecified atom stereocenters. The van der Waals surface area contributed by atoms with Crippen LogP contribution in [-0.4, -0.2) is 56.1 Å². The summed E-state index contributed by atoms with van der Waals surface area (Å²) in [4.78, 5) is 22.1. The second-order valence-corrected chi connectivity index (χ2v) is 4.96. The summed E-state index contributed by atoms with van der Waals surface area (Å²) in [6.07, 6.45) is 13.5. The summed E-state index contributed by atoms with van der Waals surface area (Å²) in [7, 11) is 1.76. The van der Waals surface area contributed by atoms with Crippen molar-refractivity contribution in [3.8, 4) is 12.8 Å². The molecule has 0 aromatic carbocycles. The third-order valence-electron chi connectivity index (χ3n) is 3.40. The Labute approximate surface area is 142 Å². The molecule has 0 aromatic rings. The minimum Gasteiger partial charge on any atom is -0.464 e. The number of terminal acetylenes is 1. The number of rotatable bonds is 6. The van der Waals surface area contributed by atoms with Gasteiger partial charge in [0.2, 0.25) is 0 Å². The lowest BCUT2D eigenvalue weighted by Crippen LogP contribution is -2.47. The van der Waals surface area contributed by atoms with Crippen molar-refractivity contribution >= 4 is 12.3 Å². The van der Waals surface area contributed by atoms with Gasteiger partial charge in [-0.3, -0.25) is 9.69 Å². The molecule has 1 aliphatic rings. The van der Waals surface area contributed by atoms with Gasteiger partial charge < -0.3 is 14.3 Å². The van der Waals surface area contributed by atoms with Gasteiger partial charge in [-0.05, 0) is 32.7 Å². The van der Waals surface area contributed by atoms with E-state index >= 15 is 0 Å². The number of hydrogen-bond donors (Lipinski definition) is 0. The Morgan fingerprint density at radius 1 is 1.39 bits per heavy atom. The minimum atomic E-state index is -0.194. The summed E-state index contributed by atoms with van der Waals surface area (Å²) in [5, 5.41) is 0. The number of piperidine rings is 1. The van der Waals surface area contributed by atoms with Crippen LogP contribution in [0.1, 0.15) is 53.9 Å². The molecule has 1 heterocycles. The van der Waals surface area contributed by atoms with E-state index in [2.05, 4.69) is 24.7 Å². The number of unbranched alkanes of at least 4 members (excludes halogenated alkanes) is 1. The number of ether oxygens (including phenoxy) is 2. The van der Waals surface area contributed by atoms with Crippen LogP contribution in [0.4, 0.5) is 0 Å². The average Bonchev–Trinajstić information content (AvgIpc) is 2.53. The second-order valence-electron chi connectivity index (χ2n) is 4.96. The lowest BCUT2D eigenvalue weighted by atomic mass is 9.99. The van der Waals surface area contributed by atoms with Gasteiger partial charge in [-0.1, -0.05) is 20.8 Å².